The number of aromatic carboxylic acids is 1. The number of aryl methyl sites for hydroxylation is 1. The average Bonchev–Trinajstić information content (AvgIpc) is 2.29. The maximum absolute atomic E-state index is 11.2. The number of benzene rings is 1. The quantitative estimate of drug-likeness (QED) is 0.831. The molecule has 80 valence electrons. The molecule has 0 saturated heterocycles. The Labute approximate surface area is 92.6 Å². The molecule has 1 heterocycles. The fourth-order valence-electron chi connectivity index (χ4n) is 1.58. The van der Waals surface area contributed by atoms with Gasteiger partial charge in [-0.3, -0.25) is 0 Å². The Balaban J connectivity index is 2.66. The van der Waals surface area contributed by atoms with E-state index in [1.807, 2.05) is 0 Å². The minimum Gasteiger partial charge on any atom is -0.478 e. The molecule has 0 unspecified atom stereocenters. The third-order valence-corrected chi connectivity index (χ3v) is 2.29. The normalized spacial score (nSPS) is 10.1. The smallest absolute Gasteiger partial charge is 0.336 e. The van der Waals surface area contributed by atoms with Gasteiger partial charge in [0.2, 0.25) is 0 Å². The van der Waals surface area contributed by atoms with Crippen LogP contribution in [0, 0.1) is 6.92 Å². The number of carboxylic acids is 1. The minimum atomic E-state index is -0.958. The fourth-order valence-corrected chi connectivity index (χ4v) is 1.58. The Morgan fingerprint density at radius 1 is 1.19 bits per heavy atom. The van der Waals surface area contributed by atoms with E-state index in [2.05, 4.69) is 9.97 Å². The van der Waals surface area contributed by atoms with E-state index in [9.17, 15) is 4.79 Å². The van der Waals surface area contributed by atoms with Gasteiger partial charge in [0.1, 0.15) is 0 Å². The predicted molar refractivity (Wildman–Crippen MR) is 59.2 cm³/mol. The SMILES string of the molecule is Cc1cccc(-c2ncccn2)c1C(=O)O. The van der Waals surface area contributed by atoms with Gasteiger partial charge in [-0.15, -0.1) is 0 Å². The average molecular weight is 214 g/mol. The van der Waals surface area contributed by atoms with Gasteiger partial charge in [-0.05, 0) is 18.6 Å². The van der Waals surface area contributed by atoms with E-state index in [0.717, 1.165) is 0 Å². The zero-order valence-corrected chi connectivity index (χ0v) is 8.71. The highest BCUT2D eigenvalue weighted by Gasteiger charge is 2.15. The largest absolute Gasteiger partial charge is 0.478 e. The van der Waals surface area contributed by atoms with Crippen LogP contribution in [0.4, 0.5) is 0 Å². The van der Waals surface area contributed by atoms with E-state index < -0.39 is 5.97 Å². The summed E-state index contributed by atoms with van der Waals surface area (Å²) in [5.41, 5.74) is 1.51. The van der Waals surface area contributed by atoms with Gasteiger partial charge in [-0.2, -0.15) is 0 Å². The van der Waals surface area contributed by atoms with Gasteiger partial charge < -0.3 is 5.11 Å². The zero-order valence-electron chi connectivity index (χ0n) is 8.71. The maximum Gasteiger partial charge on any atom is 0.336 e. The van der Waals surface area contributed by atoms with Crippen molar-refractivity contribution in [1.29, 1.82) is 0 Å². The molecular weight excluding hydrogens is 204 g/mol. The highest BCUT2D eigenvalue weighted by molar-refractivity contribution is 5.96. The standard InChI is InChI=1S/C12H10N2O2/c1-8-4-2-5-9(10(8)12(15)16)11-13-6-3-7-14-11/h2-7H,1H3,(H,15,16). The van der Waals surface area contributed by atoms with Crippen molar-refractivity contribution in [2.24, 2.45) is 0 Å². The summed E-state index contributed by atoms with van der Waals surface area (Å²) < 4.78 is 0. The zero-order chi connectivity index (χ0) is 11.5. The molecule has 0 saturated carbocycles. The van der Waals surface area contributed by atoms with Gasteiger partial charge in [0.05, 0.1) is 5.56 Å². The van der Waals surface area contributed by atoms with E-state index >= 15 is 0 Å². The third kappa shape index (κ3) is 1.77. The molecule has 1 N–H and O–H groups in total. The Morgan fingerprint density at radius 3 is 2.50 bits per heavy atom. The summed E-state index contributed by atoms with van der Waals surface area (Å²) in [7, 11) is 0. The number of hydrogen-bond donors (Lipinski definition) is 1. The fraction of sp³-hybridized carbons (Fsp3) is 0.0833. The molecular formula is C12H10N2O2. The molecule has 0 radical (unpaired) electrons. The summed E-state index contributed by atoms with van der Waals surface area (Å²) in [4.78, 5) is 19.3. The number of hydrogen-bond acceptors (Lipinski definition) is 3. The molecule has 0 aliphatic heterocycles. The molecule has 0 bridgehead atoms. The summed E-state index contributed by atoms with van der Waals surface area (Å²) in [6, 6.07) is 6.97. The lowest BCUT2D eigenvalue weighted by atomic mass is 10.0. The van der Waals surface area contributed by atoms with Gasteiger partial charge in [0.15, 0.2) is 5.82 Å². The van der Waals surface area contributed by atoms with Crippen LogP contribution in [0.2, 0.25) is 0 Å². The first-order valence-corrected chi connectivity index (χ1v) is 4.80. The lowest BCUT2D eigenvalue weighted by Crippen LogP contribution is -2.04. The Bertz CT molecular complexity index is 524. The maximum atomic E-state index is 11.2. The van der Waals surface area contributed by atoms with Crippen molar-refractivity contribution < 1.29 is 9.90 Å². The Hall–Kier alpha value is -2.23. The van der Waals surface area contributed by atoms with Crippen LogP contribution in [0.25, 0.3) is 11.4 Å². The van der Waals surface area contributed by atoms with Crippen molar-refractivity contribution in [3.8, 4) is 11.4 Å². The van der Waals surface area contributed by atoms with Gasteiger partial charge in [-0.1, -0.05) is 18.2 Å². The monoisotopic (exact) mass is 214 g/mol. The van der Waals surface area contributed by atoms with Crippen molar-refractivity contribution in [2.75, 3.05) is 0 Å². The van der Waals surface area contributed by atoms with Crippen molar-refractivity contribution in [1.82, 2.24) is 9.97 Å². The van der Waals surface area contributed by atoms with Gasteiger partial charge in [0.25, 0.3) is 0 Å². The van der Waals surface area contributed by atoms with Crippen LogP contribution in [-0.4, -0.2) is 21.0 Å². The molecule has 4 nitrogen and oxygen atoms in total. The molecule has 0 amide bonds. The predicted octanol–water partition coefficient (Wildman–Crippen LogP) is 2.15. The lowest BCUT2D eigenvalue weighted by Gasteiger charge is -2.06. The van der Waals surface area contributed by atoms with Crippen molar-refractivity contribution in [2.45, 2.75) is 6.92 Å². The summed E-state index contributed by atoms with van der Waals surface area (Å²) in [5.74, 6) is -0.524. The van der Waals surface area contributed by atoms with E-state index in [1.54, 1.807) is 43.6 Å². The van der Waals surface area contributed by atoms with Crippen LogP contribution in [-0.2, 0) is 0 Å². The minimum absolute atomic E-state index is 0.258. The first-order valence-electron chi connectivity index (χ1n) is 4.80. The summed E-state index contributed by atoms with van der Waals surface area (Å²) in [6.07, 6.45) is 3.19. The van der Waals surface area contributed by atoms with Crippen molar-refractivity contribution in [3.63, 3.8) is 0 Å². The first kappa shape index (κ1) is 10.3. The van der Waals surface area contributed by atoms with Crippen LogP contribution < -0.4 is 0 Å². The Morgan fingerprint density at radius 2 is 1.88 bits per heavy atom. The van der Waals surface area contributed by atoms with Gasteiger partial charge in [0, 0.05) is 18.0 Å². The molecule has 16 heavy (non-hydrogen) atoms. The molecule has 2 aromatic rings. The van der Waals surface area contributed by atoms with E-state index in [1.165, 1.54) is 0 Å². The topological polar surface area (TPSA) is 63.1 Å². The highest BCUT2D eigenvalue weighted by Crippen LogP contribution is 2.22. The summed E-state index contributed by atoms with van der Waals surface area (Å²) >= 11 is 0. The lowest BCUT2D eigenvalue weighted by molar-refractivity contribution is 0.0697. The van der Waals surface area contributed by atoms with Crippen molar-refractivity contribution >= 4 is 5.97 Å². The van der Waals surface area contributed by atoms with Crippen LogP contribution in [0.5, 0.6) is 0 Å². The number of carbonyl (C=O) groups is 1. The molecule has 0 aliphatic rings. The second kappa shape index (κ2) is 4.10. The highest BCUT2D eigenvalue weighted by atomic mass is 16.4. The van der Waals surface area contributed by atoms with E-state index in [-0.39, 0.29) is 5.56 Å². The number of rotatable bonds is 2. The number of carboxylic acid groups (broad SMARTS) is 1. The molecule has 0 aliphatic carbocycles. The van der Waals surface area contributed by atoms with Crippen LogP contribution in [0.3, 0.4) is 0 Å². The van der Waals surface area contributed by atoms with Gasteiger partial charge in [-0.25, -0.2) is 14.8 Å². The molecule has 4 heteroatoms. The third-order valence-electron chi connectivity index (χ3n) is 2.29. The van der Waals surface area contributed by atoms with Crippen LogP contribution >= 0.6 is 0 Å². The molecule has 0 spiro atoms. The summed E-state index contributed by atoms with van der Waals surface area (Å²) in [5, 5.41) is 9.15. The van der Waals surface area contributed by atoms with Crippen LogP contribution in [0.15, 0.2) is 36.7 Å². The molecule has 0 fully saturated rings. The number of aromatic nitrogens is 2. The number of nitrogens with zero attached hydrogens (tertiary/aromatic N) is 2. The first-order chi connectivity index (χ1) is 7.70. The molecule has 2 rings (SSSR count). The molecule has 1 aromatic carbocycles. The second-order valence-corrected chi connectivity index (χ2v) is 3.38. The summed E-state index contributed by atoms with van der Waals surface area (Å²) in [6.45, 7) is 1.76. The van der Waals surface area contributed by atoms with E-state index in [4.69, 9.17) is 5.11 Å². The van der Waals surface area contributed by atoms with E-state index in [0.29, 0.717) is 17.0 Å². The second-order valence-electron chi connectivity index (χ2n) is 3.38. The van der Waals surface area contributed by atoms with Gasteiger partial charge >= 0.3 is 5.97 Å². The van der Waals surface area contributed by atoms with Crippen LogP contribution in [0.1, 0.15) is 15.9 Å². The molecule has 1 aromatic heterocycles. The Kier molecular flexibility index (Phi) is 2.64. The molecule has 0 atom stereocenters. The van der Waals surface area contributed by atoms with Crippen molar-refractivity contribution in [3.05, 3.63) is 47.8 Å².